The van der Waals surface area contributed by atoms with E-state index in [1.54, 1.807) is 0 Å². The molecule has 17 heavy (non-hydrogen) atoms. The fourth-order valence-corrected chi connectivity index (χ4v) is 2.42. The highest BCUT2D eigenvalue weighted by molar-refractivity contribution is 5.85. The smallest absolute Gasteiger partial charge is 0.0237 e. The highest BCUT2D eigenvalue weighted by atomic mass is 35.5. The average molecular weight is 255 g/mol. The average Bonchev–Trinajstić information content (AvgIpc) is 2.22. The van der Waals surface area contributed by atoms with Crippen LogP contribution in [0.25, 0.3) is 0 Å². The monoisotopic (exact) mass is 254 g/mol. The Morgan fingerprint density at radius 1 is 1.35 bits per heavy atom. The number of halogens is 1. The van der Waals surface area contributed by atoms with Gasteiger partial charge in [0.25, 0.3) is 0 Å². The molecule has 1 atom stereocenters. The normalized spacial score (nSPS) is 21.0. The molecule has 1 aromatic rings. The summed E-state index contributed by atoms with van der Waals surface area (Å²) in [6.45, 7) is 11.2. The summed E-state index contributed by atoms with van der Waals surface area (Å²) in [6, 6.07) is 7.39. The van der Waals surface area contributed by atoms with Crippen molar-refractivity contribution in [3.05, 3.63) is 34.9 Å². The molecule has 0 amide bonds. The molecule has 0 radical (unpaired) electrons. The topological polar surface area (TPSA) is 15.3 Å². The fourth-order valence-electron chi connectivity index (χ4n) is 2.42. The number of hydrogen-bond acceptors (Lipinski definition) is 2. The van der Waals surface area contributed by atoms with E-state index < -0.39 is 0 Å². The molecule has 2 nitrogen and oxygen atoms in total. The quantitative estimate of drug-likeness (QED) is 0.873. The lowest BCUT2D eigenvalue weighted by atomic mass is 10.0. The Morgan fingerprint density at radius 2 is 2.12 bits per heavy atom. The first-order valence-electron chi connectivity index (χ1n) is 6.17. The van der Waals surface area contributed by atoms with E-state index in [1.807, 2.05) is 0 Å². The number of nitrogens with one attached hydrogen (secondary N) is 1. The van der Waals surface area contributed by atoms with Crippen LogP contribution < -0.4 is 5.32 Å². The van der Waals surface area contributed by atoms with Gasteiger partial charge in [-0.05, 0) is 31.9 Å². The second-order valence-electron chi connectivity index (χ2n) is 5.02. The number of aryl methyl sites for hydroxylation is 2. The third kappa shape index (κ3) is 3.98. The summed E-state index contributed by atoms with van der Waals surface area (Å²) >= 11 is 0. The minimum absolute atomic E-state index is 0. The van der Waals surface area contributed by atoms with Gasteiger partial charge < -0.3 is 5.32 Å². The maximum Gasteiger partial charge on any atom is 0.0237 e. The van der Waals surface area contributed by atoms with Crippen LogP contribution in [-0.2, 0) is 6.54 Å². The molecule has 1 aliphatic rings. The Balaban J connectivity index is 0.00000144. The first-order valence-corrected chi connectivity index (χ1v) is 6.17. The lowest BCUT2D eigenvalue weighted by Crippen LogP contribution is -2.48. The Hall–Kier alpha value is -0.570. The van der Waals surface area contributed by atoms with E-state index in [1.165, 1.54) is 16.7 Å². The van der Waals surface area contributed by atoms with Crippen LogP contribution in [0, 0.1) is 13.8 Å². The summed E-state index contributed by atoms with van der Waals surface area (Å²) in [5.74, 6) is 0. The minimum atomic E-state index is 0. The molecule has 0 aromatic heterocycles. The number of piperazine rings is 1. The van der Waals surface area contributed by atoms with E-state index >= 15 is 0 Å². The molecule has 1 aliphatic heterocycles. The Kier molecular flexibility index (Phi) is 5.44. The second kappa shape index (κ2) is 6.39. The predicted molar refractivity (Wildman–Crippen MR) is 75.9 cm³/mol. The molecule has 96 valence electrons. The van der Waals surface area contributed by atoms with Gasteiger partial charge in [0.05, 0.1) is 0 Å². The van der Waals surface area contributed by atoms with Gasteiger partial charge in [0, 0.05) is 32.2 Å². The van der Waals surface area contributed by atoms with Crippen LogP contribution >= 0.6 is 12.4 Å². The lowest BCUT2D eigenvalue weighted by Gasteiger charge is -2.32. The van der Waals surface area contributed by atoms with Gasteiger partial charge in [-0.25, -0.2) is 0 Å². The van der Waals surface area contributed by atoms with Gasteiger partial charge in [0.1, 0.15) is 0 Å². The van der Waals surface area contributed by atoms with Crippen LogP contribution in [-0.4, -0.2) is 30.6 Å². The van der Waals surface area contributed by atoms with Gasteiger partial charge in [0.2, 0.25) is 0 Å². The summed E-state index contributed by atoms with van der Waals surface area (Å²) in [6.07, 6.45) is 0. The Labute approximate surface area is 111 Å². The molecular formula is C14H23ClN2. The number of rotatable bonds is 2. The first-order chi connectivity index (χ1) is 7.65. The highest BCUT2D eigenvalue weighted by Crippen LogP contribution is 2.14. The molecule has 0 spiro atoms. The van der Waals surface area contributed by atoms with Gasteiger partial charge in [-0.1, -0.05) is 23.8 Å². The minimum Gasteiger partial charge on any atom is -0.312 e. The number of benzene rings is 1. The number of nitrogens with zero attached hydrogens (tertiary/aromatic N) is 1. The summed E-state index contributed by atoms with van der Waals surface area (Å²) in [5, 5.41) is 3.48. The molecule has 0 aliphatic carbocycles. The molecule has 3 heteroatoms. The van der Waals surface area contributed by atoms with Crippen LogP contribution in [0.1, 0.15) is 23.6 Å². The van der Waals surface area contributed by atoms with Crippen molar-refractivity contribution in [2.75, 3.05) is 19.6 Å². The second-order valence-corrected chi connectivity index (χ2v) is 5.02. The highest BCUT2D eigenvalue weighted by Gasteiger charge is 2.15. The molecule has 0 saturated carbocycles. The first kappa shape index (κ1) is 14.5. The number of hydrogen-bond donors (Lipinski definition) is 1. The molecule has 1 aromatic carbocycles. The zero-order valence-electron chi connectivity index (χ0n) is 11.0. The van der Waals surface area contributed by atoms with Crippen molar-refractivity contribution < 1.29 is 0 Å². The van der Waals surface area contributed by atoms with Crippen molar-refractivity contribution in [3.63, 3.8) is 0 Å². The summed E-state index contributed by atoms with van der Waals surface area (Å²) in [4.78, 5) is 2.54. The van der Waals surface area contributed by atoms with E-state index in [-0.39, 0.29) is 12.4 Å². The molecule has 1 heterocycles. The third-order valence-corrected chi connectivity index (χ3v) is 3.34. The molecule has 1 saturated heterocycles. The Bertz CT molecular complexity index is 365. The van der Waals surface area contributed by atoms with Gasteiger partial charge in [0.15, 0.2) is 0 Å². The van der Waals surface area contributed by atoms with Crippen LogP contribution in [0.5, 0.6) is 0 Å². The summed E-state index contributed by atoms with van der Waals surface area (Å²) in [5.41, 5.74) is 4.25. The standard InChI is InChI=1S/C14H22N2.ClH/c1-11-4-5-14(12(2)8-11)10-16-7-6-15-13(3)9-16;/h4-5,8,13,15H,6-7,9-10H2,1-3H3;1H/t13-;/m0./s1. The zero-order valence-corrected chi connectivity index (χ0v) is 11.8. The van der Waals surface area contributed by atoms with E-state index in [0.717, 1.165) is 26.2 Å². The van der Waals surface area contributed by atoms with Crippen molar-refractivity contribution in [2.45, 2.75) is 33.4 Å². The molecule has 1 N–H and O–H groups in total. The largest absolute Gasteiger partial charge is 0.312 e. The van der Waals surface area contributed by atoms with E-state index in [4.69, 9.17) is 0 Å². The summed E-state index contributed by atoms with van der Waals surface area (Å²) < 4.78 is 0. The van der Waals surface area contributed by atoms with E-state index in [2.05, 4.69) is 49.2 Å². The maximum absolute atomic E-state index is 3.48. The van der Waals surface area contributed by atoms with Gasteiger partial charge >= 0.3 is 0 Å². The van der Waals surface area contributed by atoms with Crippen LogP contribution in [0.4, 0.5) is 0 Å². The maximum atomic E-state index is 3.48. The SMILES string of the molecule is Cc1ccc(CN2CCN[C@@H](C)C2)c(C)c1.Cl. The summed E-state index contributed by atoms with van der Waals surface area (Å²) in [7, 11) is 0. The van der Waals surface area contributed by atoms with Gasteiger partial charge in [-0.15, -0.1) is 12.4 Å². The molecule has 0 unspecified atom stereocenters. The van der Waals surface area contributed by atoms with E-state index in [0.29, 0.717) is 6.04 Å². The van der Waals surface area contributed by atoms with Gasteiger partial charge in [-0.3, -0.25) is 4.90 Å². The molecular weight excluding hydrogens is 232 g/mol. The molecule has 1 fully saturated rings. The fraction of sp³-hybridized carbons (Fsp3) is 0.571. The van der Waals surface area contributed by atoms with Crippen molar-refractivity contribution >= 4 is 12.4 Å². The zero-order chi connectivity index (χ0) is 11.5. The Morgan fingerprint density at radius 3 is 2.76 bits per heavy atom. The van der Waals surface area contributed by atoms with Crippen LogP contribution in [0.2, 0.25) is 0 Å². The molecule has 0 bridgehead atoms. The van der Waals surface area contributed by atoms with Crippen LogP contribution in [0.15, 0.2) is 18.2 Å². The van der Waals surface area contributed by atoms with Crippen molar-refractivity contribution in [1.29, 1.82) is 0 Å². The third-order valence-electron chi connectivity index (χ3n) is 3.34. The van der Waals surface area contributed by atoms with E-state index in [9.17, 15) is 0 Å². The van der Waals surface area contributed by atoms with Gasteiger partial charge in [-0.2, -0.15) is 0 Å². The van der Waals surface area contributed by atoms with Crippen LogP contribution in [0.3, 0.4) is 0 Å². The predicted octanol–water partition coefficient (Wildman–Crippen LogP) is 2.52. The lowest BCUT2D eigenvalue weighted by molar-refractivity contribution is 0.199. The molecule has 2 rings (SSSR count). The van der Waals surface area contributed by atoms with Crippen molar-refractivity contribution in [2.24, 2.45) is 0 Å². The van der Waals surface area contributed by atoms with Crippen molar-refractivity contribution in [1.82, 2.24) is 10.2 Å². The van der Waals surface area contributed by atoms with Crippen molar-refractivity contribution in [3.8, 4) is 0 Å².